The van der Waals surface area contributed by atoms with Crippen molar-refractivity contribution in [1.29, 1.82) is 0 Å². The number of nitrogens with zero attached hydrogens (tertiary/aromatic N) is 2. The minimum Gasteiger partial charge on any atom is -0.497 e. The maximum Gasteiger partial charge on any atom is 0.275 e. The molecule has 1 aromatic heterocycles. The molecule has 1 aliphatic heterocycles. The molecule has 1 aromatic carbocycles. The number of amides is 1. The monoisotopic (exact) mass is 261 g/mol. The Morgan fingerprint density at radius 3 is 2.95 bits per heavy atom. The first-order chi connectivity index (χ1) is 9.29. The highest BCUT2D eigenvalue weighted by Gasteiger charge is 2.22. The molecular weight excluding hydrogens is 246 g/mol. The minimum absolute atomic E-state index is 0.0558. The van der Waals surface area contributed by atoms with E-state index in [4.69, 9.17) is 9.47 Å². The first-order valence-corrected chi connectivity index (χ1v) is 6.19. The molecule has 1 amide bonds. The Labute approximate surface area is 110 Å². The highest BCUT2D eigenvalue weighted by Crippen LogP contribution is 2.22. The van der Waals surface area contributed by atoms with Crippen molar-refractivity contribution in [2.45, 2.75) is 0 Å². The normalized spacial score (nSPS) is 15.7. The Hall–Kier alpha value is -2.08. The van der Waals surface area contributed by atoms with Gasteiger partial charge in [-0.1, -0.05) is 0 Å². The molecule has 2 heterocycles. The van der Waals surface area contributed by atoms with Crippen LogP contribution in [0, 0.1) is 0 Å². The van der Waals surface area contributed by atoms with Gasteiger partial charge in [-0.15, -0.1) is 0 Å². The minimum atomic E-state index is -0.0558. The second kappa shape index (κ2) is 4.89. The van der Waals surface area contributed by atoms with Crippen LogP contribution in [0.4, 0.5) is 0 Å². The van der Waals surface area contributed by atoms with E-state index >= 15 is 0 Å². The number of carbonyl (C=O) groups excluding carboxylic acids is 1. The van der Waals surface area contributed by atoms with Gasteiger partial charge >= 0.3 is 0 Å². The van der Waals surface area contributed by atoms with Crippen LogP contribution in [0.2, 0.25) is 0 Å². The van der Waals surface area contributed by atoms with Crippen LogP contribution in [-0.2, 0) is 4.74 Å². The lowest BCUT2D eigenvalue weighted by Gasteiger charge is -2.26. The fraction of sp³-hybridized carbons (Fsp3) is 0.385. The summed E-state index contributed by atoms with van der Waals surface area (Å²) in [6, 6.07) is 5.51. The van der Waals surface area contributed by atoms with Gasteiger partial charge in [-0.2, -0.15) is 5.10 Å². The van der Waals surface area contributed by atoms with E-state index in [1.54, 1.807) is 12.0 Å². The van der Waals surface area contributed by atoms with Crippen LogP contribution in [0.5, 0.6) is 5.75 Å². The summed E-state index contributed by atoms with van der Waals surface area (Å²) in [6.45, 7) is 2.40. The van der Waals surface area contributed by atoms with Crippen molar-refractivity contribution in [3.63, 3.8) is 0 Å². The van der Waals surface area contributed by atoms with Crippen LogP contribution in [0.15, 0.2) is 18.2 Å². The number of nitrogens with one attached hydrogen (secondary N) is 1. The van der Waals surface area contributed by atoms with Crippen LogP contribution in [-0.4, -0.2) is 54.4 Å². The van der Waals surface area contributed by atoms with E-state index in [0.29, 0.717) is 32.0 Å². The van der Waals surface area contributed by atoms with E-state index in [-0.39, 0.29) is 5.91 Å². The zero-order valence-corrected chi connectivity index (χ0v) is 10.7. The average molecular weight is 261 g/mol. The number of hydrogen-bond acceptors (Lipinski definition) is 4. The molecule has 19 heavy (non-hydrogen) atoms. The summed E-state index contributed by atoms with van der Waals surface area (Å²) in [6.07, 6.45) is 0. The van der Waals surface area contributed by atoms with Gasteiger partial charge in [0.2, 0.25) is 0 Å². The second-order valence-electron chi connectivity index (χ2n) is 4.39. The van der Waals surface area contributed by atoms with Gasteiger partial charge in [0, 0.05) is 24.5 Å². The molecule has 0 spiro atoms. The predicted octanol–water partition coefficient (Wildman–Crippen LogP) is 1.04. The Morgan fingerprint density at radius 1 is 1.42 bits per heavy atom. The number of fused-ring (bicyclic) bond motifs is 1. The number of benzene rings is 1. The van der Waals surface area contributed by atoms with E-state index in [1.165, 1.54) is 0 Å². The molecule has 6 heteroatoms. The molecular formula is C13H15N3O3. The van der Waals surface area contributed by atoms with Crippen molar-refractivity contribution in [3.8, 4) is 5.75 Å². The molecule has 0 bridgehead atoms. The molecule has 1 N–H and O–H groups in total. The molecule has 0 unspecified atom stereocenters. The standard InChI is InChI=1S/C13H15N3O3/c1-18-9-2-3-10-11(8-9)14-15-12(10)13(17)16-4-6-19-7-5-16/h2-3,8H,4-7H2,1H3,(H,14,15). The molecule has 0 aliphatic carbocycles. The van der Waals surface area contributed by atoms with Crippen LogP contribution >= 0.6 is 0 Å². The van der Waals surface area contributed by atoms with Crippen molar-refractivity contribution in [3.05, 3.63) is 23.9 Å². The highest BCUT2D eigenvalue weighted by atomic mass is 16.5. The van der Waals surface area contributed by atoms with E-state index in [1.807, 2.05) is 18.2 Å². The van der Waals surface area contributed by atoms with E-state index < -0.39 is 0 Å². The Kier molecular flexibility index (Phi) is 3.08. The third kappa shape index (κ3) is 2.15. The summed E-state index contributed by atoms with van der Waals surface area (Å²) < 4.78 is 10.4. The molecule has 0 atom stereocenters. The van der Waals surface area contributed by atoms with Crippen LogP contribution in [0.25, 0.3) is 10.9 Å². The molecule has 100 valence electrons. The van der Waals surface area contributed by atoms with E-state index in [0.717, 1.165) is 16.7 Å². The summed E-state index contributed by atoms with van der Waals surface area (Å²) in [5, 5.41) is 7.82. The smallest absolute Gasteiger partial charge is 0.275 e. The van der Waals surface area contributed by atoms with Gasteiger partial charge in [0.15, 0.2) is 5.69 Å². The van der Waals surface area contributed by atoms with Crippen LogP contribution < -0.4 is 4.74 Å². The highest BCUT2D eigenvalue weighted by molar-refractivity contribution is 6.04. The van der Waals surface area contributed by atoms with Crippen molar-refractivity contribution >= 4 is 16.8 Å². The summed E-state index contributed by atoms with van der Waals surface area (Å²) in [5.41, 5.74) is 1.26. The lowest BCUT2D eigenvalue weighted by atomic mass is 10.2. The fourth-order valence-corrected chi connectivity index (χ4v) is 2.20. The number of methoxy groups -OCH3 is 1. The van der Waals surface area contributed by atoms with Gasteiger partial charge in [0.25, 0.3) is 5.91 Å². The van der Waals surface area contributed by atoms with Crippen molar-refractivity contribution in [2.75, 3.05) is 33.4 Å². The fourth-order valence-electron chi connectivity index (χ4n) is 2.20. The first-order valence-electron chi connectivity index (χ1n) is 6.19. The molecule has 1 aliphatic rings. The molecule has 2 aromatic rings. The number of morpholine rings is 1. The number of aromatic nitrogens is 2. The van der Waals surface area contributed by atoms with Gasteiger partial charge in [-0.3, -0.25) is 9.89 Å². The summed E-state index contributed by atoms with van der Waals surface area (Å²) in [7, 11) is 1.61. The number of rotatable bonds is 2. The first kappa shape index (κ1) is 12.0. The largest absolute Gasteiger partial charge is 0.497 e. The average Bonchev–Trinajstić information content (AvgIpc) is 2.90. The van der Waals surface area contributed by atoms with Gasteiger partial charge in [0.1, 0.15) is 5.75 Å². The van der Waals surface area contributed by atoms with Crippen molar-refractivity contribution < 1.29 is 14.3 Å². The van der Waals surface area contributed by atoms with Crippen molar-refractivity contribution in [2.24, 2.45) is 0 Å². The summed E-state index contributed by atoms with van der Waals surface area (Å²) in [4.78, 5) is 14.2. The number of ether oxygens (including phenoxy) is 2. The number of H-pyrrole nitrogens is 1. The number of carbonyl (C=O) groups is 1. The topological polar surface area (TPSA) is 67.4 Å². The van der Waals surface area contributed by atoms with E-state index in [2.05, 4.69) is 10.2 Å². The van der Waals surface area contributed by atoms with Gasteiger partial charge in [-0.05, 0) is 12.1 Å². The zero-order chi connectivity index (χ0) is 13.2. The van der Waals surface area contributed by atoms with Crippen LogP contribution in [0.1, 0.15) is 10.5 Å². The maximum atomic E-state index is 12.4. The Balaban J connectivity index is 1.93. The lowest BCUT2D eigenvalue weighted by molar-refractivity contribution is 0.0300. The maximum absolute atomic E-state index is 12.4. The van der Waals surface area contributed by atoms with Crippen molar-refractivity contribution in [1.82, 2.24) is 15.1 Å². The molecule has 1 fully saturated rings. The lowest BCUT2D eigenvalue weighted by Crippen LogP contribution is -2.40. The molecule has 1 saturated heterocycles. The SMILES string of the molecule is COc1ccc2c(C(=O)N3CCOCC3)n[nH]c2c1. The Morgan fingerprint density at radius 2 is 2.21 bits per heavy atom. The molecule has 0 radical (unpaired) electrons. The molecule has 6 nitrogen and oxygen atoms in total. The Bertz CT molecular complexity index is 602. The van der Waals surface area contributed by atoms with Gasteiger partial charge in [0.05, 0.1) is 25.8 Å². The predicted molar refractivity (Wildman–Crippen MR) is 69.4 cm³/mol. The molecule has 3 rings (SSSR count). The second-order valence-corrected chi connectivity index (χ2v) is 4.39. The van der Waals surface area contributed by atoms with Gasteiger partial charge in [-0.25, -0.2) is 0 Å². The van der Waals surface area contributed by atoms with Crippen LogP contribution in [0.3, 0.4) is 0 Å². The number of aromatic amines is 1. The molecule has 0 saturated carbocycles. The number of hydrogen-bond donors (Lipinski definition) is 1. The van der Waals surface area contributed by atoms with Gasteiger partial charge < -0.3 is 14.4 Å². The quantitative estimate of drug-likeness (QED) is 0.877. The van der Waals surface area contributed by atoms with E-state index in [9.17, 15) is 4.79 Å². The third-order valence-corrected chi connectivity index (χ3v) is 3.27. The third-order valence-electron chi connectivity index (χ3n) is 3.27. The zero-order valence-electron chi connectivity index (χ0n) is 10.7. The summed E-state index contributed by atoms with van der Waals surface area (Å²) >= 11 is 0. The summed E-state index contributed by atoms with van der Waals surface area (Å²) in [5.74, 6) is 0.682.